The van der Waals surface area contributed by atoms with E-state index in [2.05, 4.69) is 5.32 Å². The molecular formula is C14H21ClN2O. The van der Waals surface area contributed by atoms with Crippen LogP contribution in [0.5, 0.6) is 0 Å². The van der Waals surface area contributed by atoms with Gasteiger partial charge in [-0.2, -0.15) is 0 Å². The summed E-state index contributed by atoms with van der Waals surface area (Å²) in [6.07, 6.45) is 3.36. The van der Waals surface area contributed by atoms with Crippen LogP contribution in [-0.2, 0) is 0 Å². The molecule has 4 N–H and O–H groups in total. The predicted molar refractivity (Wildman–Crippen MR) is 74.6 cm³/mol. The molecule has 4 heteroatoms. The fraction of sp³-hybridized carbons (Fsp3) is 0.571. The lowest BCUT2D eigenvalue weighted by molar-refractivity contribution is 0.200. The smallest absolute Gasteiger partial charge is 0.0474 e. The van der Waals surface area contributed by atoms with Gasteiger partial charge in [-0.1, -0.05) is 36.2 Å². The quantitative estimate of drug-likeness (QED) is 0.766. The third kappa shape index (κ3) is 3.04. The molecule has 0 bridgehead atoms. The van der Waals surface area contributed by atoms with Crippen molar-refractivity contribution in [3.63, 3.8) is 0 Å². The number of hydrogen-bond acceptors (Lipinski definition) is 3. The van der Waals surface area contributed by atoms with E-state index in [1.165, 1.54) is 6.42 Å². The van der Waals surface area contributed by atoms with E-state index in [0.29, 0.717) is 18.5 Å². The monoisotopic (exact) mass is 268 g/mol. The van der Waals surface area contributed by atoms with Crippen molar-refractivity contribution in [2.45, 2.75) is 31.3 Å². The molecule has 2 rings (SSSR count). The van der Waals surface area contributed by atoms with Crippen molar-refractivity contribution in [1.82, 2.24) is 5.32 Å². The first-order valence-corrected chi connectivity index (χ1v) is 6.95. The van der Waals surface area contributed by atoms with Crippen molar-refractivity contribution < 1.29 is 5.11 Å². The van der Waals surface area contributed by atoms with Gasteiger partial charge in [0.15, 0.2) is 0 Å². The second-order valence-corrected chi connectivity index (χ2v) is 5.36. The summed E-state index contributed by atoms with van der Waals surface area (Å²) in [4.78, 5) is 0. The zero-order valence-corrected chi connectivity index (χ0v) is 11.2. The Balaban J connectivity index is 2.08. The molecule has 1 aliphatic rings. The van der Waals surface area contributed by atoms with Gasteiger partial charge in [-0.05, 0) is 30.4 Å². The summed E-state index contributed by atoms with van der Waals surface area (Å²) in [7, 11) is 0. The molecule has 3 unspecified atom stereocenters. The predicted octanol–water partition coefficient (Wildman–Crippen LogP) is 2.09. The van der Waals surface area contributed by atoms with E-state index in [9.17, 15) is 5.11 Å². The number of nitrogens with one attached hydrogen (secondary N) is 1. The molecule has 0 radical (unpaired) electrons. The fourth-order valence-corrected chi connectivity index (χ4v) is 3.04. The molecule has 3 nitrogen and oxygen atoms in total. The van der Waals surface area contributed by atoms with E-state index in [4.69, 9.17) is 17.3 Å². The second-order valence-electron chi connectivity index (χ2n) is 4.96. The third-order valence-corrected chi connectivity index (χ3v) is 4.17. The number of halogens is 1. The molecule has 0 amide bonds. The molecule has 1 fully saturated rings. The van der Waals surface area contributed by atoms with E-state index < -0.39 is 0 Å². The Hall–Kier alpha value is -0.610. The van der Waals surface area contributed by atoms with Gasteiger partial charge < -0.3 is 16.2 Å². The van der Waals surface area contributed by atoms with Crippen molar-refractivity contribution in [3.05, 3.63) is 34.9 Å². The minimum atomic E-state index is 0.0656. The van der Waals surface area contributed by atoms with E-state index >= 15 is 0 Å². The lowest BCUT2D eigenvalue weighted by atomic mass is 10.0. The first-order valence-electron chi connectivity index (χ1n) is 6.57. The number of nitrogens with two attached hydrogens (primary N) is 1. The number of hydrogen-bond donors (Lipinski definition) is 3. The van der Waals surface area contributed by atoms with Crippen LogP contribution in [-0.4, -0.2) is 24.3 Å². The highest BCUT2D eigenvalue weighted by molar-refractivity contribution is 6.31. The van der Waals surface area contributed by atoms with Gasteiger partial charge in [-0.3, -0.25) is 0 Å². The van der Waals surface area contributed by atoms with Crippen molar-refractivity contribution in [1.29, 1.82) is 0 Å². The molecule has 1 aromatic carbocycles. The summed E-state index contributed by atoms with van der Waals surface area (Å²) in [6, 6.07) is 8.21. The zero-order valence-electron chi connectivity index (χ0n) is 10.5. The number of rotatable bonds is 5. The Bertz CT molecular complexity index is 386. The van der Waals surface area contributed by atoms with Crippen molar-refractivity contribution >= 4 is 11.6 Å². The summed E-state index contributed by atoms with van der Waals surface area (Å²) in [6.45, 7) is 0.760. The first-order chi connectivity index (χ1) is 8.76. The van der Waals surface area contributed by atoms with Crippen LogP contribution >= 0.6 is 11.6 Å². The van der Waals surface area contributed by atoms with Crippen LogP contribution in [0.25, 0.3) is 0 Å². The lowest BCUT2D eigenvalue weighted by Crippen LogP contribution is -2.40. The van der Waals surface area contributed by atoms with Crippen LogP contribution in [0.3, 0.4) is 0 Å². The van der Waals surface area contributed by atoms with Gasteiger partial charge in [0, 0.05) is 30.3 Å². The molecule has 0 heterocycles. The highest BCUT2D eigenvalue weighted by Crippen LogP contribution is 2.29. The van der Waals surface area contributed by atoms with Gasteiger partial charge in [0.25, 0.3) is 0 Å². The van der Waals surface area contributed by atoms with Gasteiger partial charge in [0.1, 0.15) is 0 Å². The van der Waals surface area contributed by atoms with Crippen LogP contribution in [0, 0.1) is 5.92 Å². The zero-order chi connectivity index (χ0) is 13.0. The Morgan fingerprint density at radius 3 is 2.83 bits per heavy atom. The summed E-state index contributed by atoms with van der Waals surface area (Å²) < 4.78 is 0. The molecule has 3 atom stereocenters. The van der Waals surface area contributed by atoms with Crippen molar-refractivity contribution in [2.75, 3.05) is 13.2 Å². The number of benzene rings is 1. The summed E-state index contributed by atoms with van der Waals surface area (Å²) in [5.41, 5.74) is 6.90. The molecular weight excluding hydrogens is 248 g/mol. The van der Waals surface area contributed by atoms with Crippen LogP contribution < -0.4 is 11.1 Å². The Morgan fingerprint density at radius 1 is 1.39 bits per heavy atom. The summed E-state index contributed by atoms with van der Waals surface area (Å²) in [5.74, 6) is 0.349. The normalized spacial score (nSPS) is 25.3. The highest BCUT2D eigenvalue weighted by Gasteiger charge is 2.28. The van der Waals surface area contributed by atoms with Crippen LogP contribution in [0.1, 0.15) is 30.9 Å². The minimum absolute atomic E-state index is 0.0656. The van der Waals surface area contributed by atoms with E-state index in [1.807, 2.05) is 24.3 Å². The molecule has 0 aliphatic heterocycles. The first kappa shape index (κ1) is 13.8. The molecule has 0 aromatic heterocycles. The van der Waals surface area contributed by atoms with Crippen molar-refractivity contribution in [3.8, 4) is 0 Å². The van der Waals surface area contributed by atoms with Crippen LogP contribution in [0.2, 0.25) is 5.02 Å². The van der Waals surface area contributed by atoms with E-state index in [-0.39, 0.29) is 12.6 Å². The molecule has 0 spiro atoms. The summed E-state index contributed by atoms with van der Waals surface area (Å²) in [5, 5.41) is 13.7. The fourth-order valence-electron chi connectivity index (χ4n) is 2.78. The van der Waals surface area contributed by atoms with Gasteiger partial charge in [-0.25, -0.2) is 0 Å². The maximum absolute atomic E-state index is 9.35. The number of aliphatic hydroxyl groups is 1. The van der Waals surface area contributed by atoms with Crippen molar-refractivity contribution in [2.24, 2.45) is 11.7 Å². The van der Waals surface area contributed by atoms with Gasteiger partial charge >= 0.3 is 0 Å². The minimum Gasteiger partial charge on any atom is -0.396 e. The molecule has 1 aliphatic carbocycles. The Kier molecular flexibility index (Phi) is 5.01. The molecule has 100 valence electrons. The molecule has 0 saturated heterocycles. The van der Waals surface area contributed by atoms with Gasteiger partial charge in [-0.15, -0.1) is 0 Å². The molecule has 18 heavy (non-hydrogen) atoms. The molecule has 1 aromatic rings. The molecule has 1 saturated carbocycles. The second kappa shape index (κ2) is 6.53. The Morgan fingerprint density at radius 2 is 2.17 bits per heavy atom. The van der Waals surface area contributed by atoms with Gasteiger partial charge in [0.2, 0.25) is 0 Å². The topological polar surface area (TPSA) is 58.3 Å². The largest absolute Gasteiger partial charge is 0.396 e. The Labute approximate surface area is 113 Å². The van der Waals surface area contributed by atoms with Gasteiger partial charge in [0.05, 0.1) is 0 Å². The number of aliphatic hydroxyl groups excluding tert-OH is 1. The van der Waals surface area contributed by atoms with E-state index in [1.54, 1.807) is 0 Å². The average molecular weight is 269 g/mol. The average Bonchev–Trinajstić information content (AvgIpc) is 2.84. The lowest BCUT2D eigenvalue weighted by Gasteiger charge is -2.26. The SMILES string of the molecule is NCC(NC1CCCC1CO)c1ccccc1Cl. The van der Waals surface area contributed by atoms with Crippen LogP contribution in [0.4, 0.5) is 0 Å². The van der Waals surface area contributed by atoms with Crippen LogP contribution in [0.15, 0.2) is 24.3 Å². The van der Waals surface area contributed by atoms with E-state index in [0.717, 1.165) is 23.4 Å². The standard InChI is InChI=1S/C14H21ClN2O/c15-12-6-2-1-5-11(12)14(8-16)17-13-7-3-4-10(13)9-18/h1-2,5-6,10,13-14,17-18H,3-4,7-9,16H2. The summed E-state index contributed by atoms with van der Waals surface area (Å²) >= 11 is 6.21. The maximum atomic E-state index is 9.35. The highest BCUT2D eigenvalue weighted by atomic mass is 35.5. The third-order valence-electron chi connectivity index (χ3n) is 3.83. The maximum Gasteiger partial charge on any atom is 0.0474 e.